The highest BCUT2D eigenvalue weighted by atomic mass is 127. The van der Waals surface area contributed by atoms with Crippen molar-refractivity contribution in [3.8, 4) is 0 Å². The van der Waals surface area contributed by atoms with Crippen molar-refractivity contribution in [2.75, 3.05) is 0 Å². The molecule has 0 aliphatic rings. The zero-order valence-corrected chi connectivity index (χ0v) is 13.3. The molecule has 0 aliphatic heterocycles. The monoisotopic (exact) mass is 417 g/mol. The molecule has 0 bridgehead atoms. The summed E-state index contributed by atoms with van der Waals surface area (Å²) in [6, 6.07) is 4.04. The summed E-state index contributed by atoms with van der Waals surface area (Å²) in [4.78, 5) is 22.2. The summed E-state index contributed by atoms with van der Waals surface area (Å²) in [7, 11) is 0. The second-order valence-corrected chi connectivity index (χ2v) is 5.96. The lowest BCUT2D eigenvalue weighted by atomic mass is 10.0. The molecule has 4 nitrogen and oxygen atoms in total. The third-order valence-corrected chi connectivity index (χ3v) is 4.06. The Balaban J connectivity index is 3.00. The first kappa shape index (κ1) is 17.1. The molecule has 0 fully saturated rings. The van der Waals surface area contributed by atoms with Gasteiger partial charge >= 0.3 is 11.9 Å². The lowest BCUT2D eigenvalue weighted by Crippen LogP contribution is -2.57. The third kappa shape index (κ3) is 3.38. The molecule has 0 atom stereocenters. The van der Waals surface area contributed by atoms with Crippen molar-refractivity contribution in [2.45, 2.75) is 25.4 Å². The number of carbonyl (C=O) groups excluding carboxylic acids is 2. The van der Waals surface area contributed by atoms with Crippen LogP contribution in [0.3, 0.4) is 0 Å². The molecule has 0 spiro atoms. The topological polar surface area (TPSA) is 66.4 Å². The second-order valence-electron chi connectivity index (χ2n) is 4.39. The maximum atomic E-state index is 13.4. The Kier molecular flexibility index (Phi) is 4.96. The number of aliphatic carboxylic acids is 1. The largest absolute Gasteiger partial charge is 0.544 e. The number of rotatable bonds is 4. The van der Waals surface area contributed by atoms with Crippen LogP contribution < -0.4 is 5.11 Å². The van der Waals surface area contributed by atoms with Crippen molar-refractivity contribution >= 4 is 46.1 Å². The van der Waals surface area contributed by atoms with E-state index in [1.165, 1.54) is 18.2 Å². The first-order valence-corrected chi connectivity index (χ1v) is 6.72. The molecule has 8 heteroatoms. The van der Waals surface area contributed by atoms with E-state index < -0.39 is 23.5 Å². The van der Waals surface area contributed by atoms with E-state index in [0.29, 0.717) is 8.59 Å². The van der Waals surface area contributed by atoms with Gasteiger partial charge in [-0.15, -0.1) is 0 Å². The first-order valence-electron chi connectivity index (χ1n) is 5.26. The van der Waals surface area contributed by atoms with E-state index in [1.54, 1.807) is 0 Å². The van der Waals surface area contributed by atoms with Gasteiger partial charge in [-0.1, -0.05) is 11.6 Å². The van der Waals surface area contributed by atoms with Gasteiger partial charge < -0.3 is 14.6 Å². The van der Waals surface area contributed by atoms with Gasteiger partial charge in [0.25, 0.3) is 0 Å². The van der Waals surface area contributed by atoms with Crippen LogP contribution in [0.2, 0.25) is 5.02 Å². The van der Waals surface area contributed by atoms with E-state index in [9.17, 15) is 23.5 Å². The lowest BCUT2D eigenvalue weighted by Gasteiger charge is -2.33. The van der Waals surface area contributed by atoms with Crippen LogP contribution in [0.5, 0.6) is 0 Å². The Morgan fingerprint density at radius 3 is 2.35 bits per heavy atom. The Morgan fingerprint density at radius 2 is 1.90 bits per heavy atom. The summed E-state index contributed by atoms with van der Waals surface area (Å²) < 4.78 is 31.9. The number of carboxylic acids is 1. The van der Waals surface area contributed by atoms with Crippen LogP contribution in [0.15, 0.2) is 18.2 Å². The molecule has 0 unspecified atom stereocenters. The van der Waals surface area contributed by atoms with Gasteiger partial charge in [-0.2, -0.15) is 8.78 Å². The SMILES string of the molecule is CC(C)(OC(=O)c1ccc(Cl)c(I)c1)C(F)(F)C(=O)[O-]. The van der Waals surface area contributed by atoms with Crippen molar-refractivity contribution in [2.24, 2.45) is 0 Å². The van der Waals surface area contributed by atoms with Gasteiger partial charge in [0.1, 0.15) is 5.97 Å². The fraction of sp³-hybridized carbons (Fsp3) is 0.333. The van der Waals surface area contributed by atoms with Crippen molar-refractivity contribution < 1.29 is 28.2 Å². The molecule has 0 aliphatic carbocycles. The van der Waals surface area contributed by atoms with Gasteiger partial charge in [-0.25, -0.2) is 4.79 Å². The molecule has 0 radical (unpaired) electrons. The summed E-state index contributed by atoms with van der Waals surface area (Å²) >= 11 is 7.62. The number of benzene rings is 1. The Bertz CT molecular complexity index is 560. The van der Waals surface area contributed by atoms with Gasteiger partial charge in [0.15, 0.2) is 5.60 Å². The fourth-order valence-electron chi connectivity index (χ4n) is 1.22. The fourth-order valence-corrected chi connectivity index (χ4v) is 1.86. The number of hydrogen-bond donors (Lipinski definition) is 0. The smallest absolute Gasteiger partial charge is 0.338 e. The molecule has 0 saturated heterocycles. The zero-order valence-electron chi connectivity index (χ0n) is 10.4. The minimum absolute atomic E-state index is 0.0129. The van der Waals surface area contributed by atoms with Gasteiger partial charge in [0.2, 0.25) is 0 Å². The lowest BCUT2D eigenvalue weighted by molar-refractivity contribution is -0.341. The predicted molar refractivity (Wildman–Crippen MR) is 73.6 cm³/mol. The Hall–Kier alpha value is -0.960. The number of halogens is 4. The number of esters is 1. The molecule has 1 aromatic rings. The van der Waals surface area contributed by atoms with Crippen LogP contribution in [0.25, 0.3) is 0 Å². The molecule has 0 amide bonds. The van der Waals surface area contributed by atoms with Crippen LogP contribution in [0, 0.1) is 3.57 Å². The first-order chi connectivity index (χ1) is 8.99. The summed E-state index contributed by atoms with van der Waals surface area (Å²) in [5.74, 6) is -8.01. The maximum absolute atomic E-state index is 13.4. The zero-order chi connectivity index (χ0) is 15.7. The highest BCUT2D eigenvalue weighted by Crippen LogP contribution is 2.32. The van der Waals surface area contributed by atoms with Gasteiger partial charge in [-0.3, -0.25) is 0 Å². The average molecular weight is 418 g/mol. The number of hydrogen-bond acceptors (Lipinski definition) is 4. The summed E-state index contributed by atoms with van der Waals surface area (Å²) in [6.45, 7) is 1.59. The molecule has 0 aromatic heterocycles. The van der Waals surface area contributed by atoms with Crippen LogP contribution in [0.1, 0.15) is 24.2 Å². The molecule has 0 N–H and O–H groups in total. The molecule has 110 valence electrons. The normalized spacial score (nSPS) is 12.1. The summed E-state index contributed by atoms with van der Waals surface area (Å²) in [6.07, 6.45) is 0. The van der Waals surface area contributed by atoms with Crippen molar-refractivity contribution in [1.82, 2.24) is 0 Å². The van der Waals surface area contributed by atoms with Crippen LogP contribution in [-0.2, 0) is 9.53 Å². The van der Waals surface area contributed by atoms with E-state index >= 15 is 0 Å². The minimum atomic E-state index is -4.32. The van der Waals surface area contributed by atoms with E-state index in [1.807, 2.05) is 22.6 Å². The van der Waals surface area contributed by atoms with E-state index in [4.69, 9.17) is 11.6 Å². The molecule has 20 heavy (non-hydrogen) atoms. The quantitative estimate of drug-likeness (QED) is 0.557. The van der Waals surface area contributed by atoms with Crippen LogP contribution in [-0.4, -0.2) is 23.5 Å². The molecule has 0 saturated carbocycles. The highest BCUT2D eigenvalue weighted by Gasteiger charge is 2.51. The third-order valence-electron chi connectivity index (χ3n) is 2.52. The standard InChI is InChI=1S/C12H10ClF2IO4/c1-11(2,12(14,15)10(18)19)20-9(17)6-3-4-7(13)8(16)5-6/h3-5H,1-2H3,(H,18,19)/p-1. The van der Waals surface area contributed by atoms with Gasteiger partial charge in [-0.05, 0) is 54.6 Å². The van der Waals surface area contributed by atoms with Crippen LogP contribution in [0.4, 0.5) is 8.78 Å². The molecule has 1 aromatic carbocycles. The summed E-state index contributed by atoms with van der Waals surface area (Å²) in [5.41, 5.74) is -2.56. The second kappa shape index (κ2) is 5.80. The van der Waals surface area contributed by atoms with E-state index in [0.717, 1.165) is 13.8 Å². The van der Waals surface area contributed by atoms with Gasteiger partial charge in [0, 0.05) is 3.57 Å². The minimum Gasteiger partial charge on any atom is -0.544 e. The number of carbonyl (C=O) groups is 2. The molecule has 0 heterocycles. The van der Waals surface area contributed by atoms with Gasteiger partial charge in [0.05, 0.1) is 10.6 Å². The van der Waals surface area contributed by atoms with Crippen molar-refractivity contribution in [1.29, 1.82) is 0 Å². The van der Waals surface area contributed by atoms with Crippen molar-refractivity contribution in [3.05, 3.63) is 32.4 Å². The number of ether oxygens (including phenoxy) is 1. The molecular formula is C12H9ClF2IO4-. The average Bonchev–Trinajstić information content (AvgIpc) is 2.31. The number of alkyl halides is 2. The van der Waals surface area contributed by atoms with Crippen molar-refractivity contribution in [3.63, 3.8) is 0 Å². The highest BCUT2D eigenvalue weighted by molar-refractivity contribution is 14.1. The predicted octanol–water partition coefficient (Wildman–Crippen LogP) is 2.27. The Morgan fingerprint density at radius 1 is 1.35 bits per heavy atom. The van der Waals surface area contributed by atoms with Crippen LogP contribution >= 0.6 is 34.2 Å². The van der Waals surface area contributed by atoms with E-state index in [-0.39, 0.29) is 5.56 Å². The molecule has 1 rings (SSSR count). The Labute approximate surface area is 132 Å². The van der Waals surface area contributed by atoms with E-state index in [2.05, 4.69) is 4.74 Å². The molecular weight excluding hydrogens is 408 g/mol. The summed E-state index contributed by atoms with van der Waals surface area (Å²) in [5, 5.41) is 10.8. The maximum Gasteiger partial charge on any atom is 0.338 e. The number of carboxylic acid groups (broad SMARTS) is 1.